The fourth-order valence-electron chi connectivity index (χ4n) is 2.11. The second-order valence-electron chi connectivity index (χ2n) is 4.89. The van der Waals surface area contributed by atoms with E-state index in [-0.39, 0.29) is 0 Å². The van der Waals surface area contributed by atoms with Gasteiger partial charge in [0.1, 0.15) is 0 Å². The first-order valence-electron chi connectivity index (χ1n) is 7.52. The second-order valence-corrected chi connectivity index (χ2v) is 6.18. The molecule has 2 rings (SSSR count). The predicted octanol–water partition coefficient (Wildman–Crippen LogP) is 2.32. The van der Waals surface area contributed by atoms with Gasteiger partial charge >= 0.3 is 0 Å². The van der Waals surface area contributed by atoms with E-state index in [4.69, 9.17) is 0 Å². The van der Waals surface area contributed by atoms with Crippen molar-refractivity contribution in [2.45, 2.75) is 33.2 Å². The average molecular weight is 317 g/mol. The number of aliphatic imine (C=N–C) groups is 1. The Morgan fingerprint density at radius 1 is 1.32 bits per heavy atom. The van der Waals surface area contributed by atoms with Gasteiger partial charge in [-0.15, -0.1) is 11.3 Å². The molecule has 2 N–H and O–H groups in total. The molecule has 2 heterocycles. The smallest absolute Gasteiger partial charge is 0.191 e. The first kappa shape index (κ1) is 16.4. The summed E-state index contributed by atoms with van der Waals surface area (Å²) in [7, 11) is 1.77. The van der Waals surface area contributed by atoms with Crippen molar-refractivity contribution in [2.24, 2.45) is 4.99 Å². The van der Waals surface area contributed by atoms with Gasteiger partial charge in [-0.05, 0) is 25.5 Å². The molecule has 0 spiro atoms. The Morgan fingerprint density at radius 2 is 2.18 bits per heavy atom. The third kappa shape index (κ3) is 4.80. The molecule has 0 aliphatic carbocycles. The zero-order valence-electron chi connectivity index (χ0n) is 13.4. The third-order valence-electron chi connectivity index (χ3n) is 3.29. The molecule has 22 heavy (non-hydrogen) atoms. The summed E-state index contributed by atoms with van der Waals surface area (Å²) in [5, 5.41) is 7.75. The molecule has 0 saturated carbocycles. The quantitative estimate of drug-likeness (QED) is 0.634. The minimum absolute atomic E-state index is 0.664. The van der Waals surface area contributed by atoms with Crippen LogP contribution in [0.1, 0.15) is 28.2 Å². The highest BCUT2D eigenvalue weighted by molar-refractivity contribution is 7.11. The number of nitrogens with one attached hydrogen (secondary N) is 2. The summed E-state index contributed by atoms with van der Waals surface area (Å²) < 4.78 is 0. The number of nitrogens with zero attached hydrogens (tertiary/aromatic N) is 3. The maximum Gasteiger partial charge on any atom is 0.191 e. The number of pyridine rings is 1. The topological polar surface area (TPSA) is 62.2 Å². The van der Waals surface area contributed by atoms with Gasteiger partial charge in [0.2, 0.25) is 0 Å². The molecule has 0 unspecified atom stereocenters. The van der Waals surface area contributed by atoms with E-state index < -0.39 is 0 Å². The zero-order chi connectivity index (χ0) is 15.8. The van der Waals surface area contributed by atoms with Crippen LogP contribution in [-0.4, -0.2) is 29.5 Å². The molecule has 2 aromatic rings. The van der Waals surface area contributed by atoms with Crippen molar-refractivity contribution in [1.82, 2.24) is 20.6 Å². The van der Waals surface area contributed by atoms with Crippen LogP contribution in [0.2, 0.25) is 0 Å². The van der Waals surface area contributed by atoms with Crippen LogP contribution in [0.25, 0.3) is 0 Å². The number of guanidine groups is 1. The summed E-state index contributed by atoms with van der Waals surface area (Å²) in [6, 6.07) is 5.89. The van der Waals surface area contributed by atoms with Gasteiger partial charge in [0.05, 0.1) is 22.9 Å². The molecular weight excluding hydrogens is 294 g/mol. The fraction of sp³-hybridized carbons (Fsp3) is 0.438. The van der Waals surface area contributed by atoms with Crippen LogP contribution in [0.15, 0.2) is 29.4 Å². The highest BCUT2D eigenvalue weighted by atomic mass is 32.1. The second kappa shape index (κ2) is 8.48. The molecule has 0 saturated heterocycles. The molecule has 0 radical (unpaired) electrons. The lowest BCUT2D eigenvalue weighted by Crippen LogP contribution is -2.38. The number of hydrogen-bond donors (Lipinski definition) is 2. The van der Waals surface area contributed by atoms with Crippen molar-refractivity contribution in [3.8, 4) is 0 Å². The van der Waals surface area contributed by atoms with Crippen molar-refractivity contribution in [3.63, 3.8) is 0 Å². The number of hydrogen-bond acceptors (Lipinski definition) is 4. The van der Waals surface area contributed by atoms with Gasteiger partial charge in [-0.2, -0.15) is 0 Å². The summed E-state index contributed by atoms with van der Waals surface area (Å²) in [6.07, 6.45) is 3.71. The molecule has 0 bridgehead atoms. The lowest BCUT2D eigenvalue weighted by Gasteiger charge is -2.10. The van der Waals surface area contributed by atoms with Crippen molar-refractivity contribution in [3.05, 3.63) is 45.7 Å². The van der Waals surface area contributed by atoms with E-state index in [2.05, 4.69) is 39.4 Å². The molecule has 0 amide bonds. The van der Waals surface area contributed by atoms with Crippen LogP contribution in [-0.2, 0) is 19.4 Å². The largest absolute Gasteiger partial charge is 0.356 e. The van der Waals surface area contributed by atoms with Gasteiger partial charge < -0.3 is 10.6 Å². The van der Waals surface area contributed by atoms with Gasteiger partial charge in [0.15, 0.2) is 5.96 Å². The van der Waals surface area contributed by atoms with E-state index in [0.29, 0.717) is 6.54 Å². The Hall–Kier alpha value is -1.95. The number of rotatable bonds is 6. The van der Waals surface area contributed by atoms with Gasteiger partial charge in [-0.3, -0.25) is 9.98 Å². The molecule has 0 aliphatic rings. The van der Waals surface area contributed by atoms with Gasteiger partial charge in [-0.25, -0.2) is 4.98 Å². The van der Waals surface area contributed by atoms with E-state index in [1.165, 1.54) is 15.6 Å². The standard InChI is InChI=1S/C16H23N5S/c1-4-14-12(2)22-15(21-14)8-10-19-16(17-3)20-11-13-7-5-6-9-18-13/h5-7,9H,4,8,10-11H2,1-3H3,(H2,17,19,20). The zero-order valence-corrected chi connectivity index (χ0v) is 14.2. The van der Waals surface area contributed by atoms with Crippen molar-refractivity contribution < 1.29 is 0 Å². The number of aromatic nitrogens is 2. The predicted molar refractivity (Wildman–Crippen MR) is 92.4 cm³/mol. The molecule has 6 heteroatoms. The lowest BCUT2D eigenvalue weighted by molar-refractivity contribution is 0.779. The minimum atomic E-state index is 0.664. The summed E-state index contributed by atoms with van der Waals surface area (Å²) in [4.78, 5) is 14.5. The Kier molecular flexibility index (Phi) is 6.33. The normalized spacial score (nSPS) is 11.5. The monoisotopic (exact) mass is 317 g/mol. The summed E-state index contributed by atoms with van der Waals surface area (Å²) in [5.41, 5.74) is 2.21. The fourth-order valence-corrected chi connectivity index (χ4v) is 3.13. The van der Waals surface area contributed by atoms with Crippen molar-refractivity contribution in [1.29, 1.82) is 0 Å². The van der Waals surface area contributed by atoms with Crippen LogP contribution >= 0.6 is 11.3 Å². The van der Waals surface area contributed by atoms with Crippen LogP contribution in [0.3, 0.4) is 0 Å². The summed E-state index contributed by atoms with van der Waals surface area (Å²) in [5.74, 6) is 0.787. The lowest BCUT2D eigenvalue weighted by atomic mass is 10.3. The Labute approximate surface area is 135 Å². The highest BCUT2D eigenvalue weighted by Crippen LogP contribution is 2.17. The Morgan fingerprint density at radius 3 is 2.82 bits per heavy atom. The van der Waals surface area contributed by atoms with Crippen LogP contribution in [0.5, 0.6) is 0 Å². The molecule has 0 aliphatic heterocycles. The first-order chi connectivity index (χ1) is 10.7. The van der Waals surface area contributed by atoms with Crippen LogP contribution in [0.4, 0.5) is 0 Å². The molecule has 0 atom stereocenters. The van der Waals surface area contributed by atoms with Gasteiger partial charge in [-0.1, -0.05) is 13.0 Å². The third-order valence-corrected chi connectivity index (χ3v) is 4.36. The number of thiazole rings is 1. The highest BCUT2D eigenvalue weighted by Gasteiger charge is 2.06. The number of aryl methyl sites for hydroxylation is 2. The molecule has 5 nitrogen and oxygen atoms in total. The van der Waals surface area contributed by atoms with Crippen LogP contribution < -0.4 is 10.6 Å². The maximum absolute atomic E-state index is 4.65. The molecule has 118 valence electrons. The Bertz CT molecular complexity index is 606. The summed E-state index contributed by atoms with van der Waals surface area (Å²) >= 11 is 1.79. The van der Waals surface area contributed by atoms with E-state index >= 15 is 0 Å². The minimum Gasteiger partial charge on any atom is -0.356 e. The van der Waals surface area contributed by atoms with Gasteiger partial charge in [0, 0.05) is 31.1 Å². The summed E-state index contributed by atoms with van der Waals surface area (Å²) in [6.45, 7) is 5.77. The molecule has 0 fully saturated rings. The van der Waals surface area contributed by atoms with E-state index in [1.54, 1.807) is 24.6 Å². The first-order valence-corrected chi connectivity index (χ1v) is 8.34. The molecule has 2 aromatic heterocycles. The Balaban J connectivity index is 1.76. The molecular formula is C16H23N5S. The SMILES string of the molecule is CCc1nc(CCNC(=NC)NCc2ccccn2)sc1C. The van der Waals surface area contributed by atoms with E-state index in [9.17, 15) is 0 Å². The van der Waals surface area contributed by atoms with Gasteiger partial charge in [0.25, 0.3) is 0 Å². The van der Waals surface area contributed by atoms with E-state index in [1.807, 2.05) is 18.2 Å². The average Bonchev–Trinajstić information content (AvgIpc) is 2.91. The maximum atomic E-state index is 4.65. The van der Waals surface area contributed by atoms with Crippen LogP contribution in [0, 0.1) is 6.92 Å². The van der Waals surface area contributed by atoms with E-state index in [0.717, 1.165) is 31.0 Å². The molecule has 0 aromatic carbocycles. The van der Waals surface area contributed by atoms with Crippen molar-refractivity contribution in [2.75, 3.05) is 13.6 Å². The van der Waals surface area contributed by atoms with Crippen molar-refractivity contribution >= 4 is 17.3 Å².